The highest BCUT2D eigenvalue weighted by Crippen LogP contribution is 2.35. The number of hydrogen-bond donors (Lipinski definition) is 1. The zero-order valence-corrected chi connectivity index (χ0v) is 14.5. The summed E-state index contributed by atoms with van der Waals surface area (Å²) < 4.78 is 0. The minimum atomic E-state index is 0.534. The second-order valence-corrected chi connectivity index (χ2v) is 6.58. The van der Waals surface area contributed by atoms with Crippen LogP contribution >= 0.6 is 35.0 Å². The van der Waals surface area contributed by atoms with Gasteiger partial charge in [-0.25, -0.2) is 9.97 Å². The summed E-state index contributed by atoms with van der Waals surface area (Å²) in [6.07, 6.45) is 1.00. The van der Waals surface area contributed by atoms with Gasteiger partial charge in [0.2, 0.25) is 0 Å². The van der Waals surface area contributed by atoms with Crippen molar-refractivity contribution in [3.8, 4) is 0 Å². The van der Waals surface area contributed by atoms with Crippen LogP contribution in [0.5, 0.6) is 0 Å². The van der Waals surface area contributed by atoms with Crippen molar-refractivity contribution in [1.82, 2.24) is 9.97 Å². The third-order valence-corrected chi connectivity index (χ3v) is 4.33. The maximum absolute atomic E-state index is 6.24. The molecule has 1 N–H and O–H groups in total. The van der Waals surface area contributed by atoms with Crippen molar-refractivity contribution in [3.63, 3.8) is 0 Å². The smallest absolute Gasteiger partial charge is 0.146 e. The SMILES string of the molecule is CCCNc1nc(Sc2cc(C)cc(C)n2)c(Cl)cc1Cl. The van der Waals surface area contributed by atoms with Crippen molar-refractivity contribution in [1.29, 1.82) is 0 Å². The summed E-state index contributed by atoms with van der Waals surface area (Å²) in [5, 5.41) is 5.86. The molecule has 2 aromatic heterocycles. The minimum absolute atomic E-state index is 0.534. The Labute approximate surface area is 139 Å². The summed E-state index contributed by atoms with van der Waals surface area (Å²) in [4.78, 5) is 9.01. The first-order valence-corrected chi connectivity index (χ1v) is 8.30. The molecule has 0 spiro atoms. The molecule has 0 saturated carbocycles. The van der Waals surface area contributed by atoms with Gasteiger partial charge in [0.15, 0.2) is 0 Å². The number of aryl methyl sites for hydroxylation is 2. The summed E-state index contributed by atoms with van der Waals surface area (Å²) in [5.74, 6) is 0.662. The van der Waals surface area contributed by atoms with Gasteiger partial charge in [-0.3, -0.25) is 0 Å². The highest BCUT2D eigenvalue weighted by Gasteiger charge is 2.11. The van der Waals surface area contributed by atoms with Crippen LogP contribution in [-0.4, -0.2) is 16.5 Å². The molecular formula is C15H17Cl2N3S. The standard InChI is InChI=1S/C15H17Cl2N3S/c1-4-5-18-14-11(16)8-12(17)15(20-14)21-13-7-9(2)6-10(3)19-13/h6-8H,4-5H2,1-3H3,(H,18,20). The van der Waals surface area contributed by atoms with Gasteiger partial charge in [-0.05, 0) is 55.8 Å². The summed E-state index contributed by atoms with van der Waals surface area (Å²) in [6.45, 7) is 6.93. The average molecular weight is 342 g/mol. The number of rotatable bonds is 5. The number of nitrogens with one attached hydrogen (secondary N) is 1. The summed E-state index contributed by atoms with van der Waals surface area (Å²) in [6, 6.07) is 5.78. The van der Waals surface area contributed by atoms with Crippen LogP contribution in [0.1, 0.15) is 24.6 Å². The summed E-state index contributed by atoms with van der Waals surface area (Å²) in [5.41, 5.74) is 2.14. The molecule has 0 bridgehead atoms. The van der Waals surface area contributed by atoms with Crippen LogP contribution in [0, 0.1) is 13.8 Å². The van der Waals surface area contributed by atoms with E-state index in [4.69, 9.17) is 23.2 Å². The molecule has 0 fully saturated rings. The monoisotopic (exact) mass is 341 g/mol. The van der Waals surface area contributed by atoms with Crippen molar-refractivity contribution in [2.45, 2.75) is 37.2 Å². The normalized spacial score (nSPS) is 10.7. The first-order chi connectivity index (χ1) is 9.99. The minimum Gasteiger partial charge on any atom is -0.369 e. The van der Waals surface area contributed by atoms with Gasteiger partial charge >= 0.3 is 0 Å². The van der Waals surface area contributed by atoms with Gasteiger partial charge in [-0.1, -0.05) is 30.1 Å². The highest BCUT2D eigenvalue weighted by atomic mass is 35.5. The van der Waals surface area contributed by atoms with E-state index in [-0.39, 0.29) is 0 Å². The van der Waals surface area contributed by atoms with Crippen LogP contribution < -0.4 is 5.32 Å². The highest BCUT2D eigenvalue weighted by molar-refractivity contribution is 7.99. The average Bonchev–Trinajstić information content (AvgIpc) is 2.39. The molecule has 0 aliphatic rings. The molecule has 2 rings (SSSR count). The van der Waals surface area contributed by atoms with Gasteiger partial charge in [-0.15, -0.1) is 0 Å². The van der Waals surface area contributed by atoms with Crippen LogP contribution in [0.25, 0.3) is 0 Å². The Morgan fingerprint density at radius 3 is 2.52 bits per heavy atom. The molecule has 0 unspecified atom stereocenters. The van der Waals surface area contributed by atoms with E-state index in [1.54, 1.807) is 6.07 Å². The third kappa shape index (κ3) is 4.50. The topological polar surface area (TPSA) is 37.8 Å². The van der Waals surface area contributed by atoms with Crippen LogP contribution in [0.2, 0.25) is 10.0 Å². The van der Waals surface area contributed by atoms with Crippen molar-refractivity contribution < 1.29 is 0 Å². The second kappa shape index (κ2) is 7.34. The fraction of sp³-hybridized carbons (Fsp3) is 0.333. The summed E-state index contributed by atoms with van der Waals surface area (Å²) in [7, 11) is 0. The maximum atomic E-state index is 6.24. The van der Waals surface area contributed by atoms with Crippen molar-refractivity contribution >= 4 is 40.8 Å². The molecule has 0 aliphatic carbocycles. The lowest BCUT2D eigenvalue weighted by atomic mass is 10.3. The van der Waals surface area contributed by atoms with Gasteiger partial charge in [0.05, 0.1) is 10.0 Å². The van der Waals surface area contributed by atoms with Crippen molar-refractivity contribution in [2.75, 3.05) is 11.9 Å². The Morgan fingerprint density at radius 1 is 1.10 bits per heavy atom. The van der Waals surface area contributed by atoms with Gasteiger partial charge in [0.1, 0.15) is 15.9 Å². The summed E-state index contributed by atoms with van der Waals surface area (Å²) >= 11 is 13.8. The quantitative estimate of drug-likeness (QED) is 0.792. The lowest BCUT2D eigenvalue weighted by molar-refractivity contribution is 0.958. The zero-order chi connectivity index (χ0) is 15.4. The van der Waals surface area contributed by atoms with Crippen LogP contribution in [-0.2, 0) is 0 Å². The van der Waals surface area contributed by atoms with E-state index in [0.29, 0.717) is 20.9 Å². The Hall–Kier alpha value is -0.970. The van der Waals surface area contributed by atoms with Gasteiger partial charge in [0, 0.05) is 12.2 Å². The lowest BCUT2D eigenvalue weighted by Gasteiger charge is -2.10. The maximum Gasteiger partial charge on any atom is 0.146 e. The molecule has 0 atom stereocenters. The fourth-order valence-corrected chi connectivity index (χ4v) is 3.31. The molecule has 112 valence electrons. The molecular weight excluding hydrogens is 325 g/mol. The Kier molecular flexibility index (Phi) is 5.73. The lowest BCUT2D eigenvalue weighted by Crippen LogP contribution is -2.03. The number of halogens is 2. The Balaban J connectivity index is 2.30. The van der Waals surface area contributed by atoms with Crippen molar-refractivity contribution in [3.05, 3.63) is 39.5 Å². The van der Waals surface area contributed by atoms with E-state index in [1.165, 1.54) is 17.3 Å². The predicted octanol–water partition coefficient (Wildman–Crippen LogP) is 5.37. The van der Waals surface area contributed by atoms with Crippen molar-refractivity contribution in [2.24, 2.45) is 0 Å². The first-order valence-electron chi connectivity index (χ1n) is 6.72. The van der Waals surface area contributed by atoms with E-state index in [0.717, 1.165) is 23.7 Å². The molecule has 2 heterocycles. The van der Waals surface area contributed by atoms with Crippen LogP contribution in [0.4, 0.5) is 5.82 Å². The largest absolute Gasteiger partial charge is 0.369 e. The number of hydrogen-bond acceptors (Lipinski definition) is 4. The molecule has 0 saturated heterocycles. The number of anilines is 1. The number of nitrogens with zero attached hydrogens (tertiary/aromatic N) is 2. The van der Waals surface area contributed by atoms with E-state index < -0.39 is 0 Å². The van der Waals surface area contributed by atoms with E-state index >= 15 is 0 Å². The molecule has 0 aliphatic heterocycles. The van der Waals surface area contributed by atoms with Crippen LogP contribution in [0.15, 0.2) is 28.3 Å². The molecule has 21 heavy (non-hydrogen) atoms. The molecule has 6 heteroatoms. The molecule has 0 aromatic carbocycles. The van der Waals surface area contributed by atoms with E-state index in [9.17, 15) is 0 Å². The molecule has 0 radical (unpaired) electrons. The van der Waals surface area contributed by atoms with E-state index in [2.05, 4.69) is 22.2 Å². The van der Waals surface area contributed by atoms with Gasteiger partial charge < -0.3 is 5.32 Å². The molecule has 3 nitrogen and oxygen atoms in total. The number of aromatic nitrogens is 2. The predicted molar refractivity (Wildman–Crippen MR) is 90.9 cm³/mol. The fourth-order valence-electron chi connectivity index (χ4n) is 1.84. The van der Waals surface area contributed by atoms with E-state index in [1.807, 2.05) is 26.0 Å². The Morgan fingerprint density at radius 2 is 1.86 bits per heavy atom. The molecule has 0 amide bonds. The number of pyridine rings is 2. The third-order valence-electron chi connectivity index (χ3n) is 2.72. The Bertz CT molecular complexity index is 627. The second-order valence-electron chi connectivity index (χ2n) is 4.76. The van der Waals surface area contributed by atoms with Gasteiger partial charge in [-0.2, -0.15) is 0 Å². The molecule has 2 aromatic rings. The first kappa shape index (κ1) is 16.4. The van der Waals surface area contributed by atoms with Crippen LogP contribution in [0.3, 0.4) is 0 Å². The zero-order valence-electron chi connectivity index (χ0n) is 12.2. The van der Waals surface area contributed by atoms with Gasteiger partial charge in [0.25, 0.3) is 0 Å².